The Morgan fingerprint density at radius 1 is 1.40 bits per heavy atom. The number of carbonyl (C=O) groups is 1. The Morgan fingerprint density at radius 2 is 2.27 bits per heavy atom. The lowest BCUT2D eigenvalue weighted by Gasteiger charge is -2.27. The van der Waals surface area contributed by atoms with Crippen LogP contribution in [0.4, 0.5) is 5.69 Å². The van der Waals surface area contributed by atoms with Gasteiger partial charge in [0.1, 0.15) is 0 Å². The first kappa shape index (κ1) is 9.72. The van der Waals surface area contributed by atoms with Crippen LogP contribution in [0.15, 0.2) is 24.3 Å². The molecule has 0 bridgehead atoms. The second-order valence-corrected chi connectivity index (χ2v) is 3.73. The Labute approximate surface area is 88.9 Å². The van der Waals surface area contributed by atoms with Crippen molar-refractivity contribution in [1.29, 1.82) is 5.26 Å². The van der Waals surface area contributed by atoms with Gasteiger partial charge >= 0.3 is 0 Å². The molecule has 15 heavy (non-hydrogen) atoms. The summed E-state index contributed by atoms with van der Waals surface area (Å²) in [5, 5.41) is 8.78. The van der Waals surface area contributed by atoms with Crippen LogP contribution in [0.5, 0.6) is 0 Å². The fourth-order valence-corrected chi connectivity index (χ4v) is 1.83. The van der Waals surface area contributed by atoms with Gasteiger partial charge in [-0.1, -0.05) is 6.07 Å². The van der Waals surface area contributed by atoms with E-state index in [1.807, 2.05) is 23.1 Å². The highest BCUT2D eigenvalue weighted by atomic mass is 16.1. The lowest BCUT2D eigenvalue weighted by Crippen LogP contribution is -2.35. The van der Waals surface area contributed by atoms with Gasteiger partial charge in [0.2, 0.25) is 0 Å². The van der Waals surface area contributed by atoms with Gasteiger partial charge in [-0.3, -0.25) is 4.79 Å². The van der Waals surface area contributed by atoms with Gasteiger partial charge in [-0.25, -0.2) is 0 Å². The van der Waals surface area contributed by atoms with Crippen LogP contribution < -0.4 is 4.90 Å². The SMILES string of the molecule is N#Cc1cccc(N2CCCC(=O)C2)c1. The van der Waals surface area contributed by atoms with Crippen LogP contribution in [0, 0.1) is 11.3 Å². The Kier molecular flexibility index (Phi) is 2.68. The smallest absolute Gasteiger partial charge is 0.152 e. The maximum atomic E-state index is 11.3. The van der Waals surface area contributed by atoms with Gasteiger partial charge in [-0.15, -0.1) is 0 Å². The van der Waals surface area contributed by atoms with Gasteiger partial charge in [0.15, 0.2) is 5.78 Å². The highest BCUT2D eigenvalue weighted by Gasteiger charge is 2.16. The molecule has 0 unspecified atom stereocenters. The maximum Gasteiger partial charge on any atom is 0.152 e. The van der Waals surface area contributed by atoms with Gasteiger partial charge < -0.3 is 4.90 Å². The molecule has 1 saturated heterocycles. The molecule has 0 spiro atoms. The van der Waals surface area contributed by atoms with Gasteiger partial charge in [-0.2, -0.15) is 5.26 Å². The second kappa shape index (κ2) is 4.14. The van der Waals surface area contributed by atoms with Gasteiger partial charge in [0.05, 0.1) is 18.2 Å². The number of nitriles is 1. The summed E-state index contributed by atoms with van der Waals surface area (Å²) >= 11 is 0. The molecular weight excluding hydrogens is 188 g/mol. The van der Waals surface area contributed by atoms with E-state index in [2.05, 4.69) is 6.07 Å². The van der Waals surface area contributed by atoms with E-state index < -0.39 is 0 Å². The van der Waals surface area contributed by atoms with E-state index in [0.29, 0.717) is 18.5 Å². The number of hydrogen-bond acceptors (Lipinski definition) is 3. The van der Waals surface area contributed by atoms with E-state index in [-0.39, 0.29) is 5.78 Å². The number of rotatable bonds is 1. The predicted molar refractivity (Wildman–Crippen MR) is 57.6 cm³/mol. The monoisotopic (exact) mass is 200 g/mol. The van der Waals surface area contributed by atoms with Crippen LogP contribution in [0.3, 0.4) is 0 Å². The Bertz CT molecular complexity index is 420. The van der Waals surface area contributed by atoms with Crippen molar-refractivity contribution in [1.82, 2.24) is 0 Å². The van der Waals surface area contributed by atoms with Crippen LogP contribution in [0.2, 0.25) is 0 Å². The van der Waals surface area contributed by atoms with Gasteiger partial charge in [0.25, 0.3) is 0 Å². The molecule has 1 aromatic carbocycles. The third kappa shape index (κ3) is 2.16. The Morgan fingerprint density at radius 3 is 3.00 bits per heavy atom. The van der Waals surface area contributed by atoms with Crippen molar-refractivity contribution in [3.63, 3.8) is 0 Å². The third-order valence-corrected chi connectivity index (χ3v) is 2.59. The molecule has 76 valence electrons. The molecule has 1 fully saturated rings. The van der Waals surface area contributed by atoms with E-state index in [0.717, 1.165) is 18.7 Å². The molecule has 3 nitrogen and oxygen atoms in total. The normalized spacial score (nSPS) is 16.2. The second-order valence-electron chi connectivity index (χ2n) is 3.73. The van der Waals surface area contributed by atoms with E-state index >= 15 is 0 Å². The molecule has 0 aliphatic carbocycles. The zero-order valence-corrected chi connectivity index (χ0v) is 8.44. The van der Waals surface area contributed by atoms with Crippen LogP contribution in [-0.2, 0) is 4.79 Å². The number of anilines is 1. The summed E-state index contributed by atoms with van der Waals surface area (Å²) in [6.07, 6.45) is 1.60. The van der Waals surface area contributed by atoms with Crippen LogP contribution in [-0.4, -0.2) is 18.9 Å². The summed E-state index contributed by atoms with van der Waals surface area (Å²) in [7, 11) is 0. The molecule has 1 aliphatic rings. The van der Waals surface area contributed by atoms with E-state index in [9.17, 15) is 4.79 Å². The lowest BCUT2D eigenvalue weighted by molar-refractivity contribution is -0.118. The summed E-state index contributed by atoms with van der Waals surface area (Å²) in [5.74, 6) is 0.281. The first-order valence-corrected chi connectivity index (χ1v) is 5.06. The lowest BCUT2D eigenvalue weighted by atomic mass is 10.1. The molecule has 1 aliphatic heterocycles. The van der Waals surface area contributed by atoms with Crippen LogP contribution >= 0.6 is 0 Å². The first-order chi connectivity index (χ1) is 7.29. The van der Waals surface area contributed by atoms with Crippen molar-refractivity contribution in [2.24, 2.45) is 0 Å². The number of piperidine rings is 1. The standard InChI is InChI=1S/C12H12N2O/c13-8-10-3-1-4-11(7-10)14-6-2-5-12(15)9-14/h1,3-4,7H,2,5-6,9H2. The van der Waals surface area contributed by atoms with Crippen molar-refractivity contribution in [2.75, 3.05) is 18.0 Å². The van der Waals surface area contributed by atoms with E-state index in [1.54, 1.807) is 6.07 Å². The average Bonchev–Trinajstić information content (AvgIpc) is 2.29. The molecule has 0 radical (unpaired) electrons. The summed E-state index contributed by atoms with van der Waals surface area (Å²) in [6.45, 7) is 1.38. The Balaban J connectivity index is 2.21. The quantitative estimate of drug-likeness (QED) is 0.693. The van der Waals surface area contributed by atoms with E-state index in [4.69, 9.17) is 5.26 Å². The minimum absolute atomic E-state index is 0.281. The molecule has 3 heteroatoms. The van der Waals surface area contributed by atoms with Crippen molar-refractivity contribution < 1.29 is 4.79 Å². The molecule has 0 N–H and O–H groups in total. The largest absolute Gasteiger partial charge is 0.364 e. The minimum Gasteiger partial charge on any atom is -0.364 e. The molecular formula is C12H12N2O. The molecule has 1 aromatic rings. The molecule has 0 saturated carbocycles. The van der Waals surface area contributed by atoms with Crippen molar-refractivity contribution in [3.05, 3.63) is 29.8 Å². The summed E-state index contributed by atoms with van der Waals surface area (Å²) in [6, 6.07) is 9.51. The van der Waals surface area contributed by atoms with Crippen LogP contribution in [0.1, 0.15) is 18.4 Å². The van der Waals surface area contributed by atoms with Crippen molar-refractivity contribution >= 4 is 11.5 Å². The average molecular weight is 200 g/mol. The highest BCUT2D eigenvalue weighted by Crippen LogP contribution is 2.19. The number of benzene rings is 1. The third-order valence-electron chi connectivity index (χ3n) is 2.59. The first-order valence-electron chi connectivity index (χ1n) is 5.06. The number of nitrogens with zero attached hydrogens (tertiary/aromatic N) is 2. The summed E-state index contributed by atoms with van der Waals surface area (Å²) < 4.78 is 0. The predicted octanol–water partition coefficient (Wildman–Crippen LogP) is 1.73. The van der Waals surface area contributed by atoms with Crippen molar-refractivity contribution in [2.45, 2.75) is 12.8 Å². The number of carbonyl (C=O) groups excluding carboxylic acids is 1. The highest BCUT2D eigenvalue weighted by molar-refractivity contribution is 5.84. The zero-order valence-electron chi connectivity index (χ0n) is 8.44. The Hall–Kier alpha value is -1.82. The molecule has 0 amide bonds. The number of Topliss-reactive ketones (excluding diaryl/α,β-unsaturated/α-hetero) is 1. The fraction of sp³-hybridized carbons (Fsp3) is 0.333. The van der Waals surface area contributed by atoms with Gasteiger partial charge in [0, 0.05) is 18.7 Å². The van der Waals surface area contributed by atoms with Crippen molar-refractivity contribution in [3.8, 4) is 6.07 Å². The zero-order chi connectivity index (χ0) is 10.7. The summed E-state index contributed by atoms with van der Waals surface area (Å²) in [5.41, 5.74) is 1.62. The number of ketones is 1. The van der Waals surface area contributed by atoms with Gasteiger partial charge in [-0.05, 0) is 24.6 Å². The topological polar surface area (TPSA) is 44.1 Å². The molecule has 1 heterocycles. The number of hydrogen-bond donors (Lipinski definition) is 0. The molecule has 0 atom stereocenters. The molecule has 2 rings (SSSR count). The fourth-order valence-electron chi connectivity index (χ4n) is 1.83. The summed E-state index contributed by atoms with van der Waals surface area (Å²) in [4.78, 5) is 13.3. The minimum atomic E-state index is 0.281. The maximum absolute atomic E-state index is 11.3. The van der Waals surface area contributed by atoms with Crippen LogP contribution in [0.25, 0.3) is 0 Å². The molecule has 0 aromatic heterocycles. The van der Waals surface area contributed by atoms with E-state index in [1.165, 1.54) is 0 Å².